The Hall–Kier alpha value is -0.600. The number of rotatable bonds is 0. The van der Waals surface area contributed by atoms with Crippen molar-refractivity contribution in [3.8, 4) is 11.5 Å². The zero-order valence-corrected chi connectivity index (χ0v) is 8.21. The summed E-state index contributed by atoms with van der Waals surface area (Å²) in [4.78, 5) is 0. The first-order valence-electron chi connectivity index (χ1n) is 3.22. The van der Waals surface area contributed by atoms with Gasteiger partial charge >= 0.3 is 0 Å². The molecule has 0 saturated carbocycles. The van der Waals surface area contributed by atoms with Crippen LogP contribution in [0.15, 0.2) is 18.2 Å². The molecule has 0 amide bonds. The Morgan fingerprint density at radius 1 is 1.08 bits per heavy atom. The summed E-state index contributed by atoms with van der Waals surface area (Å²) in [6.45, 7) is 2.39. The Morgan fingerprint density at radius 2 is 1.75 bits per heavy atom. The van der Waals surface area contributed by atoms with Gasteiger partial charge in [-0.3, -0.25) is 0 Å². The Bertz CT molecular complexity index is 263. The van der Waals surface area contributed by atoms with Crippen molar-refractivity contribution in [1.29, 1.82) is 0 Å². The minimum absolute atomic E-state index is 0. The maximum Gasteiger partial charge on any atom is 0.231 e. The largest absolute Gasteiger partial charge is 0.454 e. The molecule has 0 aliphatic carbocycles. The van der Waals surface area contributed by atoms with Crippen LogP contribution in [0.2, 0.25) is 0 Å². The van der Waals surface area contributed by atoms with Crippen molar-refractivity contribution in [1.82, 2.24) is 0 Å². The maximum atomic E-state index is 5.16. The average molecular weight is 209 g/mol. The fourth-order valence-electron chi connectivity index (χ4n) is 1.00. The van der Waals surface area contributed by atoms with Crippen LogP contribution in [0.5, 0.6) is 11.5 Å². The molecule has 0 aromatic heterocycles. The smallest absolute Gasteiger partial charge is 0.231 e. The van der Waals surface area contributed by atoms with Crippen LogP contribution in [0.25, 0.3) is 0 Å². The van der Waals surface area contributed by atoms with Gasteiger partial charge in [-0.2, -0.15) is 0 Å². The summed E-state index contributed by atoms with van der Waals surface area (Å²) >= 11 is 0. The summed E-state index contributed by atoms with van der Waals surface area (Å²) in [5.74, 6) is 1.71. The van der Waals surface area contributed by atoms with Crippen LogP contribution in [0, 0.1) is 6.92 Å². The van der Waals surface area contributed by atoms with Gasteiger partial charge in [0.15, 0.2) is 11.5 Å². The van der Waals surface area contributed by atoms with Gasteiger partial charge in [-0.1, -0.05) is 6.07 Å². The van der Waals surface area contributed by atoms with Gasteiger partial charge in [0.25, 0.3) is 0 Å². The number of hydrogen-bond acceptors (Lipinski definition) is 2. The van der Waals surface area contributed by atoms with E-state index in [0.717, 1.165) is 11.5 Å². The van der Waals surface area contributed by atoms with Crippen molar-refractivity contribution in [2.24, 2.45) is 0 Å². The number of ether oxygens (including phenoxy) is 2. The third kappa shape index (κ3) is 1.96. The highest BCUT2D eigenvalue weighted by Gasteiger charge is 2.11. The predicted octanol–water partition coefficient (Wildman–Crippen LogP) is 2.57. The normalized spacial score (nSPS) is 11.4. The van der Waals surface area contributed by atoms with E-state index >= 15 is 0 Å². The van der Waals surface area contributed by atoms with E-state index < -0.39 is 0 Å². The summed E-state index contributed by atoms with van der Waals surface area (Å²) in [6, 6.07) is 5.91. The zero-order valence-electron chi connectivity index (χ0n) is 6.57. The van der Waals surface area contributed by atoms with Crippen LogP contribution >= 0.6 is 24.8 Å². The standard InChI is InChI=1S/C8H8O2.2ClH/c1-6-2-3-7-8(4-6)10-5-9-7;;/h2-4H,5H2,1H3;2*1H. The fraction of sp³-hybridized carbons (Fsp3) is 0.250. The maximum absolute atomic E-state index is 5.16. The molecule has 0 N–H and O–H groups in total. The summed E-state index contributed by atoms with van der Waals surface area (Å²) in [7, 11) is 0. The first kappa shape index (κ1) is 11.4. The molecule has 1 aromatic rings. The molecule has 0 atom stereocenters. The zero-order chi connectivity index (χ0) is 6.97. The average Bonchev–Trinajstić information content (AvgIpc) is 2.33. The number of aryl methyl sites for hydroxylation is 1. The van der Waals surface area contributed by atoms with Gasteiger partial charge < -0.3 is 9.47 Å². The van der Waals surface area contributed by atoms with Gasteiger partial charge in [0, 0.05) is 0 Å². The molecule has 0 bridgehead atoms. The molecular formula is C8H10Cl2O2. The van der Waals surface area contributed by atoms with Gasteiger partial charge in [-0.05, 0) is 24.6 Å². The minimum Gasteiger partial charge on any atom is -0.454 e. The lowest BCUT2D eigenvalue weighted by Crippen LogP contribution is -1.92. The van der Waals surface area contributed by atoms with Crippen molar-refractivity contribution in [3.63, 3.8) is 0 Å². The Labute approximate surface area is 83.7 Å². The van der Waals surface area contributed by atoms with Gasteiger partial charge in [0.05, 0.1) is 0 Å². The summed E-state index contributed by atoms with van der Waals surface area (Å²) < 4.78 is 10.3. The monoisotopic (exact) mass is 208 g/mol. The molecule has 0 unspecified atom stereocenters. The van der Waals surface area contributed by atoms with Crippen LogP contribution in [-0.2, 0) is 0 Å². The second kappa shape index (κ2) is 4.43. The van der Waals surface area contributed by atoms with Crippen molar-refractivity contribution in [3.05, 3.63) is 23.8 Å². The SMILES string of the molecule is Cc1ccc2c(c1)OCO2.Cl.Cl. The summed E-state index contributed by atoms with van der Waals surface area (Å²) in [5, 5.41) is 0. The lowest BCUT2D eigenvalue weighted by Gasteiger charge is -1.94. The molecule has 1 aliphatic heterocycles. The predicted molar refractivity (Wildman–Crippen MR) is 51.8 cm³/mol. The highest BCUT2D eigenvalue weighted by atomic mass is 35.5. The van der Waals surface area contributed by atoms with Crippen LogP contribution in [-0.4, -0.2) is 6.79 Å². The second-order valence-electron chi connectivity index (χ2n) is 2.36. The lowest BCUT2D eigenvalue weighted by atomic mass is 10.2. The Kier molecular flexibility index (Phi) is 4.21. The number of benzene rings is 1. The topological polar surface area (TPSA) is 18.5 Å². The first-order valence-corrected chi connectivity index (χ1v) is 3.22. The highest BCUT2D eigenvalue weighted by molar-refractivity contribution is 5.85. The van der Waals surface area contributed by atoms with Gasteiger partial charge in [0.2, 0.25) is 6.79 Å². The van der Waals surface area contributed by atoms with E-state index in [4.69, 9.17) is 9.47 Å². The minimum atomic E-state index is 0. The van der Waals surface area contributed by atoms with E-state index in [0.29, 0.717) is 6.79 Å². The van der Waals surface area contributed by atoms with Gasteiger partial charge in [-0.15, -0.1) is 24.8 Å². The van der Waals surface area contributed by atoms with Crippen molar-refractivity contribution in [2.75, 3.05) is 6.79 Å². The van der Waals surface area contributed by atoms with E-state index in [2.05, 4.69) is 0 Å². The third-order valence-electron chi connectivity index (χ3n) is 1.53. The molecule has 1 aromatic carbocycles. The second-order valence-corrected chi connectivity index (χ2v) is 2.36. The number of halogens is 2. The molecule has 0 fully saturated rings. The third-order valence-corrected chi connectivity index (χ3v) is 1.53. The molecule has 1 heterocycles. The molecule has 2 rings (SSSR count). The molecule has 1 aliphatic rings. The Balaban J connectivity index is 0.000000605. The molecule has 0 radical (unpaired) electrons. The fourth-order valence-corrected chi connectivity index (χ4v) is 1.00. The molecule has 0 spiro atoms. The van der Waals surface area contributed by atoms with E-state index in [1.165, 1.54) is 5.56 Å². The molecule has 0 saturated heterocycles. The molecule has 4 heteroatoms. The molecule has 12 heavy (non-hydrogen) atoms. The van der Waals surface area contributed by atoms with Crippen molar-refractivity contribution < 1.29 is 9.47 Å². The highest BCUT2D eigenvalue weighted by Crippen LogP contribution is 2.31. The van der Waals surface area contributed by atoms with Crippen LogP contribution in [0.4, 0.5) is 0 Å². The van der Waals surface area contributed by atoms with Crippen LogP contribution in [0.1, 0.15) is 5.56 Å². The first-order chi connectivity index (χ1) is 4.86. The van der Waals surface area contributed by atoms with E-state index in [9.17, 15) is 0 Å². The molecular weight excluding hydrogens is 199 g/mol. The molecule has 68 valence electrons. The Morgan fingerprint density at radius 3 is 2.50 bits per heavy atom. The number of fused-ring (bicyclic) bond motifs is 1. The summed E-state index contributed by atoms with van der Waals surface area (Å²) in [6.07, 6.45) is 0. The van der Waals surface area contributed by atoms with Crippen molar-refractivity contribution in [2.45, 2.75) is 6.92 Å². The van der Waals surface area contributed by atoms with Gasteiger partial charge in [0.1, 0.15) is 0 Å². The van der Waals surface area contributed by atoms with Crippen LogP contribution < -0.4 is 9.47 Å². The quantitative estimate of drug-likeness (QED) is 0.653. The van der Waals surface area contributed by atoms with Gasteiger partial charge in [-0.25, -0.2) is 0 Å². The van der Waals surface area contributed by atoms with Crippen molar-refractivity contribution >= 4 is 24.8 Å². The van der Waals surface area contributed by atoms with Crippen LogP contribution in [0.3, 0.4) is 0 Å². The van der Waals surface area contributed by atoms with E-state index in [-0.39, 0.29) is 24.8 Å². The lowest BCUT2D eigenvalue weighted by molar-refractivity contribution is 0.174. The number of hydrogen-bond donors (Lipinski definition) is 0. The van der Waals surface area contributed by atoms with E-state index in [1.54, 1.807) is 0 Å². The van der Waals surface area contributed by atoms with E-state index in [1.807, 2.05) is 25.1 Å². The molecule has 2 nitrogen and oxygen atoms in total. The summed E-state index contributed by atoms with van der Waals surface area (Å²) in [5.41, 5.74) is 1.20.